The van der Waals surface area contributed by atoms with Gasteiger partial charge in [-0.15, -0.1) is 0 Å². The van der Waals surface area contributed by atoms with Crippen molar-refractivity contribution in [2.75, 3.05) is 0 Å². The number of fused-ring (bicyclic) bond motifs is 10. The zero-order valence-corrected chi connectivity index (χ0v) is 33.9. The summed E-state index contributed by atoms with van der Waals surface area (Å²) in [7, 11) is 0. The maximum atomic E-state index is 16.8. The first-order chi connectivity index (χ1) is 29.1. The molecule has 3 aliphatic rings. The van der Waals surface area contributed by atoms with Gasteiger partial charge < -0.3 is 9.97 Å². The quantitative estimate of drug-likeness (QED) is 0.174. The van der Waals surface area contributed by atoms with Gasteiger partial charge in [0.05, 0.1) is 33.9 Å². The molecule has 14 heteroatoms. The molecule has 1 aliphatic carbocycles. The standard InChI is InChI=1S/C47H24Cl4F6N4/c48-26-7-1-23(2-8-26)40-33-15-16-34(58-33)41(24-3-9-27(49)10-4-24)36-19-20-38(60-36)43-30-14-13-29(51)21-31(30)45(52,53)47(56,57)46(54,55)32-22-39(61-44(32)43)42(37-18-17-35(40)59-37)25-5-11-28(50)12-6-25/h1-22,59,61H. The van der Waals surface area contributed by atoms with Gasteiger partial charge in [0, 0.05) is 64.5 Å². The van der Waals surface area contributed by atoms with Gasteiger partial charge in [0.1, 0.15) is 0 Å². The molecule has 0 spiro atoms. The Morgan fingerprint density at radius 2 is 0.820 bits per heavy atom. The van der Waals surface area contributed by atoms with Gasteiger partial charge >= 0.3 is 17.8 Å². The largest absolute Gasteiger partial charge is 0.380 e. The molecule has 7 aromatic rings. The Hall–Kier alpha value is -5.78. The molecule has 4 nitrogen and oxygen atoms in total. The van der Waals surface area contributed by atoms with Crippen molar-refractivity contribution in [1.82, 2.24) is 19.9 Å². The van der Waals surface area contributed by atoms with E-state index in [1.807, 2.05) is 18.2 Å². The molecule has 4 aromatic carbocycles. The molecule has 5 heterocycles. The lowest BCUT2D eigenvalue weighted by atomic mass is 9.84. The summed E-state index contributed by atoms with van der Waals surface area (Å²) in [6.45, 7) is 0. The van der Waals surface area contributed by atoms with Crippen LogP contribution in [0.2, 0.25) is 20.1 Å². The second-order valence-corrected chi connectivity index (χ2v) is 16.4. The van der Waals surface area contributed by atoms with Crippen molar-refractivity contribution >= 4 is 92.8 Å². The van der Waals surface area contributed by atoms with Gasteiger partial charge in [-0.25, -0.2) is 9.97 Å². The molecule has 0 amide bonds. The summed E-state index contributed by atoms with van der Waals surface area (Å²) < 4.78 is 98.8. The van der Waals surface area contributed by atoms with Crippen molar-refractivity contribution in [2.24, 2.45) is 0 Å². The molecule has 302 valence electrons. The second kappa shape index (κ2) is 14.1. The van der Waals surface area contributed by atoms with E-state index < -0.39 is 40.0 Å². The Morgan fingerprint density at radius 3 is 1.36 bits per heavy atom. The third-order valence-electron chi connectivity index (χ3n) is 11.0. The number of rotatable bonds is 3. The molecule has 0 radical (unpaired) electrons. The average molecular weight is 901 g/mol. The predicted molar refractivity (Wildman–Crippen MR) is 233 cm³/mol. The van der Waals surface area contributed by atoms with Crippen LogP contribution in [-0.2, 0) is 11.8 Å². The lowest BCUT2D eigenvalue weighted by Crippen LogP contribution is -2.51. The van der Waals surface area contributed by atoms with Crippen LogP contribution in [0.1, 0.15) is 33.9 Å². The molecule has 0 unspecified atom stereocenters. The second-order valence-electron chi connectivity index (χ2n) is 14.6. The highest BCUT2D eigenvalue weighted by atomic mass is 35.5. The van der Waals surface area contributed by atoms with Gasteiger partial charge in [-0.3, -0.25) is 0 Å². The van der Waals surface area contributed by atoms with Crippen LogP contribution in [0.15, 0.2) is 109 Å². The van der Waals surface area contributed by atoms with Crippen molar-refractivity contribution in [3.63, 3.8) is 0 Å². The van der Waals surface area contributed by atoms with Crippen LogP contribution >= 0.6 is 46.4 Å². The summed E-state index contributed by atoms with van der Waals surface area (Å²) in [5.41, 5.74) is 1.06. The van der Waals surface area contributed by atoms with Crippen LogP contribution in [0.3, 0.4) is 0 Å². The number of hydrogen-bond acceptors (Lipinski definition) is 2. The van der Waals surface area contributed by atoms with Gasteiger partial charge in [-0.05, 0) is 113 Å². The molecule has 2 N–H and O–H groups in total. The number of hydrogen-bond donors (Lipinski definition) is 2. The van der Waals surface area contributed by atoms with E-state index in [-0.39, 0.29) is 33.1 Å². The van der Waals surface area contributed by atoms with E-state index in [4.69, 9.17) is 56.4 Å². The van der Waals surface area contributed by atoms with Gasteiger partial charge in [-0.2, -0.15) is 26.3 Å². The molecule has 2 aliphatic heterocycles. The zero-order valence-electron chi connectivity index (χ0n) is 30.9. The molecular weight excluding hydrogens is 876 g/mol. The maximum absolute atomic E-state index is 16.8. The van der Waals surface area contributed by atoms with Gasteiger partial charge in [0.15, 0.2) is 0 Å². The smallest absolute Gasteiger partial charge is 0.354 e. The minimum atomic E-state index is -5.94. The van der Waals surface area contributed by atoms with E-state index in [0.717, 1.165) is 17.7 Å². The lowest BCUT2D eigenvalue weighted by Gasteiger charge is -2.35. The number of nitrogens with zero attached hydrogens (tertiary/aromatic N) is 2. The first-order valence-electron chi connectivity index (χ1n) is 18.5. The fourth-order valence-corrected chi connectivity index (χ4v) is 8.66. The number of alkyl halides is 6. The number of halogens is 10. The van der Waals surface area contributed by atoms with E-state index >= 15 is 26.3 Å². The molecule has 0 saturated carbocycles. The summed E-state index contributed by atoms with van der Waals surface area (Å²) in [4.78, 5) is 16.5. The van der Waals surface area contributed by atoms with Crippen LogP contribution < -0.4 is 0 Å². The SMILES string of the molecule is FC1(F)c2cc(Cl)ccc2-c2c3nc(c(-c4ccc(Cl)cc4)c4nc(c(-c5ccc(Cl)cc5)c5ccc([nH]5)c(-c5ccc(Cl)cc5)c5cc(c2[nH]5)C(F)(F)C1(F)F)C=C4)C=C3. The first kappa shape index (κ1) is 39.4. The van der Waals surface area contributed by atoms with Crippen molar-refractivity contribution in [3.8, 4) is 44.5 Å². The Kier molecular flexibility index (Phi) is 9.12. The summed E-state index contributed by atoms with van der Waals surface area (Å²) >= 11 is 25.1. The van der Waals surface area contributed by atoms with Crippen LogP contribution in [0, 0.1) is 0 Å². The Balaban J connectivity index is 1.47. The Morgan fingerprint density at radius 1 is 0.393 bits per heavy atom. The van der Waals surface area contributed by atoms with Gasteiger partial charge in [-0.1, -0.05) is 88.9 Å². The minimum absolute atomic E-state index is 0.0704. The highest BCUT2D eigenvalue weighted by Gasteiger charge is 2.74. The summed E-state index contributed by atoms with van der Waals surface area (Å²) in [6.07, 6.45) is 6.70. The van der Waals surface area contributed by atoms with E-state index in [9.17, 15) is 0 Å². The average Bonchev–Trinajstić information content (AvgIpc) is 4.07. The van der Waals surface area contributed by atoms with Crippen LogP contribution in [0.25, 0.3) is 90.9 Å². The molecule has 0 saturated heterocycles. The Bertz CT molecular complexity index is 3210. The fraction of sp³-hybridized carbons (Fsp3) is 0.0638. The molecule has 3 aromatic heterocycles. The predicted octanol–water partition coefficient (Wildman–Crippen LogP) is 15.8. The number of benzene rings is 4. The monoisotopic (exact) mass is 898 g/mol. The zero-order chi connectivity index (χ0) is 42.6. The topological polar surface area (TPSA) is 57.4 Å². The van der Waals surface area contributed by atoms with Gasteiger partial charge in [0.2, 0.25) is 0 Å². The Labute approximate surface area is 362 Å². The van der Waals surface area contributed by atoms with Crippen LogP contribution in [-0.4, -0.2) is 25.9 Å². The van der Waals surface area contributed by atoms with E-state index in [1.54, 1.807) is 84.9 Å². The molecule has 8 bridgehead atoms. The van der Waals surface area contributed by atoms with Crippen molar-refractivity contribution in [2.45, 2.75) is 17.8 Å². The van der Waals surface area contributed by atoms with E-state index in [0.29, 0.717) is 65.8 Å². The normalized spacial score (nSPS) is 15.6. The molecule has 0 fully saturated rings. The maximum Gasteiger partial charge on any atom is 0.380 e. The molecule has 61 heavy (non-hydrogen) atoms. The molecule has 10 rings (SSSR count). The third-order valence-corrected chi connectivity index (χ3v) is 12.0. The number of H-pyrrole nitrogens is 2. The van der Waals surface area contributed by atoms with Crippen LogP contribution in [0.4, 0.5) is 26.3 Å². The third kappa shape index (κ3) is 6.22. The molecular formula is C47H24Cl4F6N4. The molecule has 0 atom stereocenters. The summed E-state index contributed by atoms with van der Waals surface area (Å²) in [5.74, 6) is -16.8. The van der Waals surface area contributed by atoms with Crippen LogP contribution in [0.5, 0.6) is 0 Å². The highest BCUT2D eigenvalue weighted by molar-refractivity contribution is 6.31. The van der Waals surface area contributed by atoms with E-state index in [1.165, 1.54) is 12.1 Å². The minimum Gasteiger partial charge on any atom is -0.354 e. The number of aromatic amines is 2. The van der Waals surface area contributed by atoms with Crippen molar-refractivity contribution < 1.29 is 26.3 Å². The van der Waals surface area contributed by atoms with Crippen molar-refractivity contribution in [1.29, 1.82) is 0 Å². The fourth-order valence-electron chi connectivity index (χ4n) is 8.11. The highest BCUT2D eigenvalue weighted by Crippen LogP contribution is 2.60. The van der Waals surface area contributed by atoms with Gasteiger partial charge in [0.25, 0.3) is 0 Å². The number of aromatic nitrogens is 4. The first-order valence-corrected chi connectivity index (χ1v) is 20.1. The summed E-state index contributed by atoms with van der Waals surface area (Å²) in [6, 6.07) is 27.6. The van der Waals surface area contributed by atoms with E-state index in [2.05, 4.69) is 9.97 Å². The van der Waals surface area contributed by atoms with Crippen molar-refractivity contribution in [3.05, 3.63) is 163 Å². The lowest BCUT2D eigenvalue weighted by molar-refractivity contribution is -0.320. The number of nitrogens with one attached hydrogen (secondary N) is 2. The summed E-state index contributed by atoms with van der Waals surface area (Å²) in [5, 5.41) is 0.962.